The Morgan fingerprint density at radius 2 is 2.19 bits per heavy atom. The van der Waals surface area contributed by atoms with E-state index < -0.39 is 0 Å². The molecule has 0 aliphatic heterocycles. The summed E-state index contributed by atoms with van der Waals surface area (Å²) in [5, 5.41) is 8.11. The average Bonchev–Trinajstić information content (AvgIpc) is 3.38. The Kier molecular flexibility index (Phi) is 5.87. The normalized spacial score (nSPS) is 10.4. The topological polar surface area (TPSA) is 72.4 Å². The van der Waals surface area contributed by atoms with Crippen LogP contribution in [0.4, 0.5) is 0 Å². The van der Waals surface area contributed by atoms with E-state index >= 15 is 0 Å². The van der Waals surface area contributed by atoms with Crippen molar-refractivity contribution in [1.29, 1.82) is 0 Å². The van der Waals surface area contributed by atoms with E-state index in [0.717, 1.165) is 10.6 Å². The van der Waals surface area contributed by atoms with Gasteiger partial charge < -0.3 is 13.7 Å². The molecule has 0 saturated carbocycles. The van der Waals surface area contributed by atoms with Crippen molar-refractivity contribution in [3.8, 4) is 22.6 Å². The third-order valence-corrected chi connectivity index (χ3v) is 4.69. The highest BCUT2D eigenvalue weighted by atomic mass is 32.1. The Balaban J connectivity index is 1.60. The summed E-state index contributed by atoms with van der Waals surface area (Å²) >= 11 is 1.60. The Morgan fingerprint density at radius 3 is 2.88 bits per heavy atom. The number of furan rings is 1. The maximum Gasteiger partial charge on any atom is 0.257 e. The summed E-state index contributed by atoms with van der Waals surface area (Å²) in [6.07, 6.45) is 2.26. The Hall–Kier alpha value is -2.85. The molecule has 0 radical (unpaired) electrons. The summed E-state index contributed by atoms with van der Waals surface area (Å²) in [4.78, 5) is 16.3. The van der Waals surface area contributed by atoms with Gasteiger partial charge in [0, 0.05) is 17.7 Å². The number of carbonyl (C=O) groups excluding carboxylic acids is 1. The molecule has 7 heteroatoms. The van der Waals surface area contributed by atoms with Gasteiger partial charge in [-0.2, -0.15) is 0 Å². The zero-order valence-electron chi connectivity index (χ0n) is 14.7. The first-order valence-corrected chi connectivity index (χ1v) is 9.06. The van der Waals surface area contributed by atoms with Gasteiger partial charge in [0.05, 0.1) is 24.2 Å². The summed E-state index contributed by atoms with van der Waals surface area (Å²) in [5.74, 6) is 7.39. The van der Waals surface area contributed by atoms with Crippen molar-refractivity contribution < 1.29 is 13.6 Å². The fourth-order valence-electron chi connectivity index (χ4n) is 2.37. The lowest BCUT2D eigenvalue weighted by Gasteiger charge is -2.18. The lowest BCUT2D eigenvalue weighted by Crippen LogP contribution is -2.31. The molecule has 134 valence electrons. The molecule has 3 rings (SSSR count). The number of thiophene rings is 1. The van der Waals surface area contributed by atoms with Crippen molar-refractivity contribution in [2.75, 3.05) is 6.54 Å². The summed E-state index contributed by atoms with van der Waals surface area (Å²) in [5.41, 5.74) is 0. The van der Waals surface area contributed by atoms with Crippen LogP contribution in [0.3, 0.4) is 0 Å². The molecular formula is C19H19N3O3S. The standard InChI is InChI=1S/C19H19N3O3S/c1-3-4-11-22(13-15-6-5-12-24-15)18(23)10-9-17-20-21-19(25-17)16-8-7-14(2)26-16/h5-8,12H,9-11,13H2,1-2H3. The van der Waals surface area contributed by atoms with E-state index in [9.17, 15) is 4.79 Å². The molecule has 6 nitrogen and oxygen atoms in total. The molecule has 3 aromatic heterocycles. The lowest BCUT2D eigenvalue weighted by molar-refractivity contribution is -0.131. The zero-order chi connectivity index (χ0) is 18.4. The molecule has 0 fully saturated rings. The minimum atomic E-state index is -0.0316. The van der Waals surface area contributed by atoms with Crippen molar-refractivity contribution in [2.24, 2.45) is 0 Å². The van der Waals surface area contributed by atoms with Gasteiger partial charge in [-0.05, 0) is 38.1 Å². The average molecular weight is 369 g/mol. The van der Waals surface area contributed by atoms with Gasteiger partial charge in [0.15, 0.2) is 0 Å². The number of hydrogen-bond acceptors (Lipinski definition) is 6. The first-order valence-electron chi connectivity index (χ1n) is 8.24. The second-order valence-corrected chi connectivity index (χ2v) is 6.96. The maximum atomic E-state index is 12.6. The number of amides is 1. The molecule has 26 heavy (non-hydrogen) atoms. The Bertz CT molecular complexity index is 915. The van der Waals surface area contributed by atoms with Crippen molar-refractivity contribution in [2.45, 2.75) is 33.2 Å². The lowest BCUT2D eigenvalue weighted by atomic mass is 10.2. The molecule has 3 heterocycles. The monoisotopic (exact) mass is 369 g/mol. The number of aromatic nitrogens is 2. The zero-order valence-corrected chi connectivity index (χ0v) is 15.5. The highest BCUT2D eigenvalue weighted by Gasteiger charge is 2.17. The molecule has 0 atom stereocenters. The van der Waals surface area contributed by atoms with Gasteiger partial charge in [0.2, 0.25) is 11.8 Å². The van der Waals surface area contributed by atoms with Gasteiger partial charge in [-0.25, -0.2) is 0 Å². The minimum absolute atomic E-state index is 0.0316. The SMILES string of the molecule is CC#CCN(Cc1ccco1)C(=O)CCc1nnc(-c2ccc(C)s2)o1. The van der Waals surface area contributed by atoms with Gasteiger partial charge in [0.25, 0.3) is 5.89 Å². The van der Waals surface area contributed by atoms with Crippen LogP contribution >= 0.6 is 11.3 Å². The molecule has 0 spiro atoms. The molecule has 0 unspecified atom stereocenters. The van der Waals surface area contributed by atoms with Gasteiger partial charge in [-0.15, -0.1) is 27.5 Å². The largest absolute Gasteiger partial charge is 0.467 e. The van der Waals surface area contributed by atoms with Gasteiger partial charge in [-0.3, -0.25) is 4.79 Å². The van der Waals surface area contributed by atoms with E-state index in [1.807, 2.05) is 25.1 Å². The van der Waals surface area contributed by atoms with Crippen LogP contribution in [0.2, 0.25) is 0 Å². The summed E-state index contributed by atoms with van der Waals surface area (Å²) in [6.45, 7) is 4.53. The minimum Gasteiger partial charge on any atom is -0.467 e. The number of rotatable bonds is 7. The van der Waals surface area contributed by atoms with Crippen LogP contribution in [0.5, 0.6) is 0 Å². The van der Waals surface area contributed by atoms with Crippen LogP contribution in [-0.4, -0.2) is 27.5 Å². The molecule has 3 aromatic rings. The number of aryl methyl sites for hydroxylation is 2. The summed E-state index contributed by atoms with van der Waals surface area (Å²) in [7, 11) is 0. The molecule has 0 aliphatic rings. The van der Waals surface area contributed by atoms with Crippen molar-refractivity contribution in [3.63, 3.8) is 0 Å². The van der Waals surface area contributed by atoms with Gasteiger partial charge in [0.1, 0.15) is 5.76 Å². The van der Waals surface area contributed by atoms with Crippen LogP contribution < -0.4 is 0 Å². The smallest absolute Gasteiger partial charge is 0.257 e. The molecule has 0 bridgehead atoms. The quantitative estimate of drug-likeness (QED) is 0.594. The van der Waals surface area contributed by atoms with Crippen molar-refractivity contribution >= 4 is 17.2 Å². The predicted octanol–water partition coefficient (Wildman–Crippen LogP) is 3.68. The molecule has 0 N–H and O–H groups in total. The third kappa shape index (κ3) is 4.61. The summed E-state index contributed by atoms with van der Waals surface area (Å²) < 4.78 is 11.0. The van der Waals surface area contributed by atoms with Crippen LogP contribution in [0.15, 0.2) is 39.4 Å². The van der Waals surface area contributed by atoms with Crippen molar-refractivity contribution in [1.82, 2.24) is 15.1 Å². The van der Waals surface area contributed by atoms with Crippen LogP contribution in [0.25, 0.3) is 10.8 Å². The molecular weight excluding hydrogens is 350 g/mol. The maximum absolute atomic E-state index is 12.6. The van der Waals surface area contributed by atoms with E-state index in [4.69, 9.17) is 8.83 Å². The molecule has 0 aliphatic carbocycles. The molecule has 0 aromatic carbocycles. The first-order chi connectivity index (χ1) is 12.7. The van der Waals surface area contributed by atoms with Gasteiger partial charge in [-0.1, -0.05) is 5.92 Å². The van der Waals surface area contributed by atoms with Crippen LogP contribution in [-0.2, 0) is 17.8 Å². The Labute approximate surface area is 155 Å². The van der Waals surface area contributed by atoms with E-state index in [0.29, 0.717) is 31.3 Å². The number of nitrogens with zero attached hydrogens (tertiary/aromatic N) is 3. The van der Waals surface area contributed by atoms with E-state index in [-0.39, 0.29) is 12.3 Å². The highest BCUT2D eigenvalue weighted by molar-refractivity contribution is 7.15. The second kappa shape index (κ2) is 8.50. The fourth-order valence-corrected chi connectivity index (χ4v) is 3.16. The predicted molar refractivity (Wildman–Crippen MR) is 98.2 cm³/mol. The number of carbonyl (C=O) groups is 1. The molecule has 1 amide bonds. The van der Waals surface area contributed by atoms with E-state index in [1.54, 1.807) is 35.5 Å². The summed E-state index contributed by atoms with van der Waals surface area (Å²) in [6, 6.07) is 7.61. The van der Waals surface area contributed by atoms with Crippen molar-refractivity contribution in [3.05, 3.63) is 47.1 Å². The fraction of sp³-hybridized carbons (Fsp3) is 0.316. The van der Waals surface area contributed by atoms with Crippen LogP contribution in [0.1, 0.15) is 29.9 Å². The third-order valence-electron chi connectivity index (χ3n) is 3.70. The first kappa shape index (κ1) is 18.0. The van der Waals surface area contributed by atoms with Gasteiger partial charge >= 0.3 is 0 Å². The Morgan fingerprint density at radius 1 is 1.31 bits per heavy atom. The highest BCUT2D eigenvalue weighted by Crippen LogP contribution is 2.26. The second-order valence-electron chi connectivity index (χ2n) is 5.67. The van der Waals surface area contributed by atoms with Crippen LogP contribution in [0, 0.1) is 18.8 Å². The van der Waals surface area contributed by atoms with E-state index in [2.05, 4.69) is 22.0 Å². The number of hydrogen-bond donors (Lipinski definition) is 0. The van der Waals surface area contributed by atoms with E-state index in [1.165, 1.54) is 4.88 Å². The molecule has 0 saturated heterocycles.